The van der Waals surface area contributed by atoms with Gasteiger partial charge in [0.2, 0.25) is 11.8 Å². The van der Waals surface area contributed by atoms with Crippen LogP contribution in [-0.2, 0) is 7.05 Å². The van der Waals surface area contributed by atoms with Gasteiger partial charge in [-0.05, 0) is 48.5 Å². The third-order valence-corrected chi connectivity index (χ3v) is 4.04. The molecule has 6 nitrogen and oxygen atoms in total. The number of nitrogens with zero attached hydrogens (tertiary/aromatic N) is 3. The molecule has 0 spiro atoms. The molecule has 0 aliphatic carbocycles. The van der Waals surface area contributed by atoms with E-state index >= 15 is 0 Å². The van der Waals surface area contributed by atoms with Crippen LogP contribution in [0.15, 0.2) is 66.9 Å². The van der Waals surface area contributed by atoms with Gasteiger partial charge in [0.25, 0.3) is 0 Å². The van der Waals surface area contributed by atoms with E-state index in [-0.39, 0.29) is 0 Å². The minimum atomic E-state index is 0.290. The number of carbonyl (C=O) groups is 1. The van der Waals surface area contributed by atoms with E-state index in [9.17, 15) is 4.79 Å². The Labute approximate surface area is 150 Å². The molecule has 0 amide bonds. The predicted molar refractivity (Wildman–Crippen MR) is 100 cm³/mol. The van der Waals surface area contributed by atoms with Crippen molar-refractivity contribution in [1.82, 2.24) is 14.5 Å². The molecule has 0 atom stereocenters. The van der Waals surface area contributed by atoms with Crippen LogP contribution in [-0.4, -0.2) is 20.8 Å². The minimum absolute atomic E-state index is 0.290. The SMILES string of the molecule is Cn1c(Nc2ccc(Oc3ncccc3C=O)cc2)nc2ccccc21. The molecule has 0 fully saturated rings. The minimum Gasteiger partial charge on any atom is -0.438 e. The van der Waals surface area contributed by atoms with Gasteiger partial charge < -0.3 is 14.6 Å². The summed E-state index contributed by atoms with van der Waals surface area (Å²) in [6.07, 6.45) is 2.31. The Kier molecular flexibility index (Phi) is 4.07. The first kappa shape index (κ1) is 15.8. The Hall–Kier alpha value is -3.67. The van der Waals surface area contributed by atoms with Crippen LogP contribution < -0.4 is 10.1 Å². The van der Waals surface area contributed by atoms with Gasteiger partial charge in [-0.15, -0.1) is 0 Å². The average molecular weight is 344 g/mol. The molecule has 128 valence electrons. The number of hydrogen-bond acceptors (Lipinski definition) is 5. The fourth-order valence-corrected chi connectivity index (χ4v) is 2.68. The normalized spacial score (nSPS) is 10.7. The molecule has 6 heteroatoms. The van der Waals surface area contributed by atoms with Crippen molar-refractivity contribution in [2.45, 2.75) is 0 Å². The quantitative estimate of drug-likeness (QED) is 0.546. The van der Waals surface area contributed by atoms with Crippen molar-refractivity contribution >= 4 is 29.0 Å². The van der Waals surface area contributed by atoms with Crippen molar-refractivity contribution in [2.75, 3.05) is 5.32 Å². The van der Waals surface area contributed by atoms with Gasteiger partial charge in [-0.1, -0.05) is 12.1 Å². The molecule has 0 saturated carbocycles. The predicted octanol–water partition coefficient (Wildman–Crippen LogP) is 4.32. The lowest BCUT2D eigenvalue weighted by Gasteiger charge is -2.09. The summed E-state index contributed by atoms with van der Waals surface area (Å²) in [5, 5.41) is 3.30. The van der Waals surface area contributed by atoms with E-state index in [1.54, 1.807) is 18.3 Å². The summed E-state index contributed by atoms with van der Waals surface area (Å²) < 4.78 is 7.69. The summed E-state index contributed by atoms with van der Waals surface area (Å²) in [5.74, 6) is 1.65. The van der Waals surface area contributed by atoms with E-state index in [4.69, 9.17) is 4.74 Å². The highest BCUT2D eigenvalue weighted by Gasteiger charge is 2.08. The maximum absolute atomic E-state index is 11.0. The number of para-hydroxylation sites is 2. The molecule has 0 aliphatic heterocycles. The van der Waals surface area contributed by atoms with Gasteiger partial charge in [-0.3, -0.25) is 4.79 Å². The number of nitrogens with one attached hydrogen (secondary N) is 1. The molecule has 1 N–H and O–H groups in total. The molecule has 4 aromatic rings. The molecule has 2 aromatic carbocycles. The van der Waals surface area contributed by atoms with E-state index in [1.807, 2.05) is 60.1 Å². The number of rotatable bonds is 5. The summed E-state index contributed by atoms with van der Waals surface area (Å²) >= 11 is 0. The van der Waals surface area contributed by atoms with Crippen molar-refractivity contribution in [3.8, 4) is 11.6 Å². The van der Waals surface area contributed by atoms with Gasteiger partial charge in [0.15, 0.2) is 6.29 Å². The van der Waals surface area contributed by atoms with Gasteiger partial charge in [-0.2, -0.15) is 0 Å². The maximum Gasteiger partial charge on any atom is 0.229 e. The first-order chi connectivity index (χ1) is 12.7. The number of carbonyl (C=O) groups excluding carboxylic acids is 1. The molecule has 0 unspecified atom stereocenters. The van der Waals surface area contributed by atoms with Crippen LogP contribution in [0.5, 0.6) is 11.6 Å². The highest BCUT2D eigenvalue weighted by atomic mass is 16.5. The van der Waals surface area contributed by atoms with Gasteiger partial charge >= 0.3 is 0 Å². The van der Waals surface area contributed by atoms with Crippen LogP contribution in [0.25, 0.3) is 11.0 Å². The van der Waals surface area contributed by atoms with Crippen molar-refractivity contribution in [3.05, 3.63) is 72.4 Å². The second-order valence-electron chi connectivity index (χ2n) is 5.75. The molecular weight excluding hydrogens is 328 g/mol. The number of aromatic nitrogens is 3. The lowest BCUT2D eigenvalue weighted by atomic mass is 10.3. The van der Waals surface area contributed by atoms with Crippen molar-refractivity contribution in [2.24, 2.45) is 7.05 Å². The summed E-state index contributed by atoms with van der Waals surface area (Å²) in [6, 6.07) is 18.7. The highest BCUT2D eigenvalue weighted by molar-refractivity contribution is 5.79. The summed E-state index contributed by atoms with van der Waals surface area (Å²) in [6.45, 7) is 0. The standard InChI is InChI=1S/C20H16N4O2/c1-24-18-7-3-2-6-17(18)23-20(24)22-15-8-10-16(11-9-15)26-19-14(13-25)5-4-12-21-19/h2-13H,1H3,(H,22,23). The molecule has 2 aromatic heterocycles. The van der Waals surface area contributed by atoms with Crippen LogP contribution in [0.4, 0.5) is 11.6 Å². The number of aldehydes is 1. The second-order valence-corrected chi connectivity index (χ2v) is 5.75. The van der Waals surface area contributed by atoms with Crippen LogP contribution in [0.3, 0.4) is 0 Å². The van der Waals surface area contributed by atoms with E-state index in [1.165, 1.54) is 0 Å². The Morgan fingerprint density at radius 2 is 1.85 bits per heavy atom. The molecular formula is C20H16N4O2. The van der Waals surface area contributed by atoms with Gasteiger partial charge in [0, 0.05) is 18.9 Å². The lowest BCUT2D eigenvalue weighted by molar-refractivity contribution is 0.112. The first-order valence-corrected chi connectivity index (χ1v) is 8.11. The van der Waals surface area contributed by atoms with Crippen LogP contribution in [0.1, 0.15) is 10.4 Å². The Morgan fingerprint density at radius 3 is 2.62 bits per heavy atom. The fraction of sp³-hybridized carbons (Fsp3) is 0.0500. The zero-order chi connectivity index (χ0) is 17.9. The third-order valence-electron chi connectivity index (χ3n) is 4.04. The van der Waals surface area contributed by atoms with Crippen molar-refractivity contribution in [1.29, 1.82) is 0 Å². The number of imidazole rings is 1. The van der Waals surface area contributed by atoms with E-state index in [0.29, 0.717) is 17.2 Å². The molecule has 0 aliphatic rings. The molecule has 0 saturated heterocycles. The van der Waals surface area contributed by atoms with E-state index in [0.717, 1.165) is 29.0 Å². The number of benzene rings is 2. The molecule has 26 heavy (non-hydrogen) atoms. The molecule has 4 rings (SSSR count). The summed E-state index contributed by atoms with van der Waals surface area (Å²) in [7, 11) is 1.97. The number of fused-ring (bicyclic) bond motifs is 1. The van der Waals surface area contributed by atoms with Crippen LogP contribution >= 0.6 is 0 Å². The van der Waals surface area contributed by atoms with Crippen LogP contribution in [0, 0.1) is 0 Å². The van der Waals surface area contributed by atoms with Crippen LogP contribution in [0.2, 0.25) is 0 Å². The molecule has 0 radical (unpaired) electrons. The Bertz CT molecular complexity index is 1070. The lowest BCUT2D eigenvalue weighted by Crippen LogP contribution is -1.99. The number of anilines is 2. The molecule has 0 bridgehead atoms. The van der Waals surface area contributed by atoms with Crippen molar-refractivity contribution < 1.29 is 9.53 Å². The third kappa shape index (κ3) is 3.00. The second kappa shape index (κ2) is 6.68. The van der Waals surface area contributed by atoms with Gasteiger partial charge in [0.05, 0.1) is 16.6 Å². The fourth-order valence-electron chi connectivity index (χ4n) is 2.68. The number of hydrogen-bond donors (Lipinski definition) is 1. The van der Waals surface area contributed by atoms with Gasteiger partial charge in [0.1, 0.15) is 5.75 Å². The van der Waals surface area contributed by atoms with E-state index < -0.39 is 0 Å². The zero-order valence-electron chi connectivity index (χ0n) is 14.1. The van der Waals surface area contributed by atoms with Gasteiger partial charge in [-0.25, -0.2) is 9.97 Å². The topological polar surface area (TPSA) is 69.0 Å². The van der Waals surface area contributed by atoms with Crippen molar-refractivity contribution in [3.63, 3.8) is 0 Å². The van der Waals surface area contributed by atoms with E-state index in [2.05, 4.69) is 15.3 Å². The number of pyridine rings is 1. The monoisotopic (exact) mass is 344 g/mol. The number of aryl methyl sites for hydroxylation is 1. The highest BCUT2D eigenvalue weighted by Crippen LogP contribution is 2.26. The maximum atomic E-state index is 11.0. The largest absolute Gasteiger partial charge is 0.438 e. The molecule has 2 heterocycles. The first-order valence-electron chi connectivity index (χ1n) is 8.11. The summed E-state index contributed by atoms with van der Waals surface area (Å²) in [5.41, 5.74) is 3.29. The Balaban J connectivity index is 1.54. The Morgan fingerprint density at radius 1 is 1.04 bits per heavy atom. The average Bonchev–Trinajstić information content (AvgIpc) is 3.00. The zero-order valence-corrected chi connectivity index (χ0v) is 14.1. The number of ether oxygens (including phenoxy) is 1. The summed E-state index contributed by atoms with van der Waals surface area (Å²) in [4.78, 5) is 19.7. The smallest absolute Gasteiger partial charge is 0.229 e.